The third-order valence-corrected chi connectivity index (χ3v) is 6.51. The van der Waals surface area contributed by atoms with Crippen molar-refractivity contribution >= 4 is 34.0 Å². The Kier molecular flexibility index (Phi) is 7.55. The molecule has 4 aromatic rings. The molecule has 11 heteroatoms. The molecule has 0 saturated carbocycles. The fourth-order valence-electron chi connectivity index (χ4n) is 4.31. The summed E-state index contributed by atoms with van der Waals surface area (Å²) in [5.41, 5.74) is 1.23. The second kappa shape index (κ2) is 11.3. The van der Waals surface area contributed by atoms with E-state index >= 15 is 0 Å². The molecule has 2 aromatic carbocycles. The molecule has 0 spiro atoms. The number of piperidine rings is 1. The summed E-state index contributed by atoms with van der Waals surface area (Å²) in [7, 11) is 3.71. The van der Waals surface area contributed by atoms with Crippen molar-refractivity contribution in [2.45, 2.75) is 12.8 Å². The number of nitrogens with zero attached hydrogens (tertiary/aromatic N) is 5. The number of likely N-dealkylation sites (tertiary alicyclic amines) is 1. The number of rotatable bonds is 8. The maximum Gasteiger partial charge on any atom is 0.275 e. The molecular formula is C27H28FN7O3. The number of hydrogen-bond donors (Lipinski definition) is 2. The number of nitrogens with one attached hydrogen (secondary N) is 2. The second-order valence-electron chi connectivity index (χ2n) is 9.16. The first kappa shape index (κ1) is 25.3. The Morgan fingerprint density at radius 3 is 2.68 bits per heavy atom. The molecule has 1 aliphatic rings. The maximum atomic E-state index is 15.0. The number of carbonyl (C=O) groups excluding carboxylic acids is 1. The molecule has 1 aliphatic heterocycles. The normalized spacial score (nSPS) is 14.3. The van der Waals surface area contributed by atoms with Gasteiger partial charge < -0.3 is 25.0 Å². The predicted octanol–water partition coefficient (Wildman–Crippen LogP) is 4.28. The molecule has 0 atom stereocenters. The average molecular weight is 518 g/mol. The van der Waals surface area contributed by atoms with Gasteiger partial charge in [0.15, 0.2) is 11.5 Å². The van der Waals surface area contributed by atoms with Crippen molar-refractivity contribution in [1.29, 1.82) is 0 Å². The van der Waals surface area contributed by atoms with Crippen LogP contribution in [0.3, 0.4) is 0 Å². The van der Waals surface area contributed by atoms with Gasteiger partial charge in [0, 0.05) is 29.5 Å². The number of anilines is 3. The Morgan fingerprint density at radius 1 is 1.11 bits per heavy atom. The molecule has 0 radical (unpaired) electrons. The lowest BCUT2D eigenvalue weighted by Gasteiger charge is -2.28. The molecule has 3 heterocycles. The van der Waals surface area contributed by atoms with Crippen molar-refractivity contribution in [2.24, 2.45) is 5.92 Å². The lowest BCUT2D eigenvalue weighted by Crippen LogP contribution is -2.32. The van der Waals surface area contributed by atoms with Gasteiger partial charge in [-0.3, -0.25) is 9.78 Å². The van der Waals surface area contributed by atoms with Gasteiger partial charge in [-0.1, -0.05) is 0 Å². The minimum Gasteiger partial charge on any atom is -0.493 e. The van der Waals surface area contributed by atoms with Crippen LogP contribution in [0.15, 0.2) is 55.2 Å². The third-order valence-electron chi connectivity index (χ3n) is 6.51. The molecule has 10 nitrogen and oxygen atoms in total. The molecule has 1 saturated heterocycles. The zero-order valence-electron chi connectivity index (χ0n) is 21.1. The van der Waals surface area contributed by atoms with Gasteiger partial charge in [0.25, 0.3) is 5.91 Å². The van der Waals surface area contributed by atoms with Crippen LogP contribution in [0.4, 0.5) is 21.6 Å². The van der Waals surface area contributed by atoms with Crippen LogP contribution in [0.2, 0.25) is 0 Å². The van der Waals surface area contributed by atoms with Gasteiger partial charge in [0.1, 0.15) is 23.7 Å². The van der Waals surface area contributed by atoms with E-state index in [1.165, 1.54) is 37.1 Å². The first-order valence-corrected chi connectivity index (χ1v) is 12.3. The van der Waals surface area contributed by atoms with Crippen molar-refractivity contribution in [1.82, 2.24) is 24.8 Å². The number of amides is 1. The molecule has 1 fully saturated rings. The number of fused-ring (bicyclic) bond motifs is 1. The Balaban J connectivity index is 1.32. The van der Waals surface area contributed by atoms with E-state index in [0.717, 1.165) is 25.9 Å². The van der Waals surface area contributed by atoms with Crippen LogP contribution in [0.1, 0.15) is 23.3 Å². The van der Waals surface area contributed by atoms with E-state index in [1.54, 1.807) is 19.2 Å². The molecule has 1 amide bonds. The number of aromatic nitrogens is 4. The molecule has 38 heavy (non-hydrogen) atoms. The zero-order valence-corrected chi connectivity index (χ0v) is 21.1. The van der Waals surface area contributed by atoms with Gasteiger partial charge in [0.2, 0.25) is 0 Å². The lowest BCUT2D eigenvalue weighted by molar-refractivity contribution is 0.102. The first-order valence-electron chi connectivity index (χ1n) is 12.3. The Bertz CT molecular complexity index is 1430. The van der Waals surface area contributed by atoms with Gasteiger partial charge in [-0.2, -0.15) is 0 Å². The number of hydrogen-bond acceptors (Lipinski definition) is 9. The molecule has 0 bridgehead atoms. The van der Waals surface area contributed by atoms with Crippen LogP contribution in [0.25, 0.3) is 10.9 Å². The highest BCUT2D eigenvalue weighted by Crippen LogP contribution is 2.36. The van der Waals surface area contributed by atoms with Gasteiger partial charge in [-0.25, -0.2) is 19.3 Å². The highest BCUT2D eigenvalue weighted by Gasteiger charge is 2.19. The smallest absolute Gasteiger partial charge is 0.275 e. The van der Waals surface area contributed by atoms with Gasteiger partial charge in [0.05, 0.1) is 31.1 Å². The number of ether oxygens (including phenoxy) is 2. The molecule has 5 rings (SSSR count). The van der Waals surface area contributed by atoms with Crippen molar-refractivity contribution in [2.75, 3.05) is 44.5 Å². The van der Waals surface area contributed by atoms with Crippen LogP contribution in [0.5, 0.6) is 11.5 Å². The van der Waals surface area contributed by atoms with E-state index in [4.69, 9.17) is 9.47 Å². The van der Waals surface area contributed by atoms with Crippen molar-refractivity contribution in [3.8, 4) is 11.5 Å². The summed E-state index contributed by atoms with van der Waals surface area (Å²) in [5.74, 6) is 1.000. The summed E-state index contributed by atoms with van der Waals surface area (Å²) in [6.45, 7) is 2.74. The summed E-state index contributed by atoms with van der Waals surface area (Å²) >= 11 is 0. The quantitative estimate of drug-likeness (QED) is 0.353. The van der Waals surface area contributed by atoms with E-state index in [9.17, 15) is 9.18 Å². The second-order valence-corrected chi connectivity index (χ2v) is 9.16. The van der Waals surface area contributed by atoms with E-state index in [1.807, 2.05) is 6.07 Å². The van der Waals surface area contributed by atoms with Crippen LogP contribution in [-0.2, 0) is 0 Å². The Labute approximate surface area is 219 Å². The SMILES string of the molecule is COc1cc2c(Nc3ccc(NC(=O)c4cnccn4)cc3F)ncnc2cc1OCC1CCN(C)CC1. The van der Waals surface area contributed by atoms with E-state index < -0.39 is 11.7 Å². The summed E-state index contributed by atoms with van der Waals surface area (Å²) in [5, 5.41) is 6.28. The van der Waals surface area contributed by atoms with Crippen molar-refractivity contribution in [3.05, 3.63) is 66.8 Å². The number of carbonyl (C=O) groups is 1. The number of halogens is 1. The topological polar surface area (TPSA) is 114 Å². The molecule has 2 N–H and O–H groups in total. The largest absolute Gasteiger partial charge is 0.493 e. The highest BCUT2D eigenvalue weighted by molar-refractivity contribution is 6.02. The van der Waals surface area contributed by atoms with Crippen molar-refractivity contribution in [3.63, 3.8) is 0 Å². The molecule has 2 aromatic heterocycles. The minimum absolute atomic E-state index is 0.131. The van der Waals surface area contributed by atoms with Crippen LogP contribution < -0.4 is 20.1 Å². The van der Waals surface area contributed by atoms with E-state index in [0.29, 0.717) is 40.7 Å². The Morgan fingerprint density at radius 2 is 1.95 bits per heavy atom. The molecule has 0 aliphatic carbocycles. The van der Waals surface area contributed by atoms with Crippen LogP contribution in [0, 0.1) is 11.7 Å². The third kappa shape index (κ3) is 5.78. The van der Waals surface area contributed by atoms with Crippen LogP contribution in [-0.4, -0.2) is 64.6 Å². The summed E-state index contributed by atoms with van der Waals surface area (Å²) < 4.78 is 26.7. The average Bonchev–Trinajstić information content (AvgIpc) is 2.94. The Hall–Kier alpha value is -4.38. The van der Waals surface area contributed by atoms with Crippen LogP contribution >= 0.6 is 0 Å². The highest BCUT2D eigenvalue weighted by atomic mass is 19.1. The van der Waals surface area contributed by atoms with Gasteiger partial charge >= 0.3 is 0 Å². The standard InChI is InChI=1S/C27H28FN7O3/c1-35-9-5-17(6-10-35)15-38-25-13-22-19(12-24(25)37-2)26(32-16-31-22)34-21-4-3-18(11-20(21)28)33-27(36)23-14-29-7-8-30-23/h3-4,7-8,11-14,16-17H,5-6,9-10,15H2,1-2H3,(H,33,36)(H,31,32,34). The fourth-order valence-corrected chi connectivity index (χ4v) is 4.31. The predicted molar refractivity (Wildman–Crippen MR) is 141 cm³/mol. The lowest BCUT2D eigenvalue weighted by atomic mass is 9.98. The van der Waals surface area contributed by atoms with E-state index in [-0.39, 0.29) is 17.1 Å². The summed E-state index contributed by atoms with van der Waals surface area (Å²) in [6, 6.07) is 7.92. The number of benzene rings is 2. The molecule has 196 valence electrons. The fraction of sp³-hybridized carbons (Fsp3) is 0.296. The van der Waals surface area contributed by atoms with Gasteiger partial charge in [-0.15, -0.1) is 0 Å². The van der Waals surface area contributed by atoms with Crippen molar-refractivity contribution < 1.29 is 18.7 Å². The first-order chi connectivity index (χ1) is 18.5. The summed E-state index contributed by atoms with van der Waals surface area (Å²) in [4.78, 5) is 31.1. The zero-order chi connectivity index (χ0) is 26.5. The monoisotopic (exact) mass is 517 g/mol. The number of methoxy groups -OCH3 is 1. The maximum absolute atomic E-state index is 15.0. The van der Waals surface area contributed by atoms with E-state index in [2.05, 4.69) is 42.5 Å². The molecular weight excluding hydrogens is 489 g/mol. The molecule has 0 unspecified atom stereocenters. The van der Waals surface area contributed by atoms with Gasteiger partial charge in [-0.05, 0) is 63.2 Å². The summed E-state index contributed by atoms with van der Waals surface area (Å²) in [6.07, 6.45) is 7.81. The minimum atomic E-state index is -0.571.